The van der Waals surface area contributed by atoms with Gasteiger partial charge < -0.3 is 15.4 Å². The Morgan fingerprint density at radius 1 is 1.36 bits per heavy atom. The molecular formula is C17H32Cl2N4O2. The van der Waals surface area contributed by atoms with Crippen LogP contribution in [0.5, 0.6) is 0 Å². The number of nitrogens with zero attached hydrogens (tertiary/aromatic N) is 3. The average molecular weight is 395 g/mol. The number of aryl methyl sites for hydroxylation is 2. The Labute approximate surface area is 163 Å². The molecule has 1 amide bonds. The highest BCUT2D eigenvalue weighted by atomic mass is 35.5. The molecule has 146 valence electrons. The molecule has 1 aromatic rings. The maximum absolute atomic E-state index is 13.0. The van der Waals surface area contributed by atoms with Crippen molar-refractivity contribution in [2.75, 3.05) is 26.2 Å². The van der Waals surface area contributed by atoms with Gasteiger partial charge in [0.05, 0.1) is 30.4 Å². The van der Waals surface area contributed by atoms with Gasteiger partial charge in [-0.3, -0.25) is 9.48 Å². The average Bonchev–Trinajstić information content (AvgIpc) is 2.87. The van der Waals surface area contributed by atoms with Crippen molar-refractivity contribution in [3.05, 3.63) is 17.5 Å². The van der Waals surface area contributed by atoms with E-state index in [-0.39, 0.29) is 36.8 Å². The topological polar surface area (TPSA) is 73.4 Å². The Hall–Kier alpha value is -0.820. The quantitative estimate of drug-likeness (QED) is 0.803. The summed E-state index contributed by atoms with van der Waals surface area (Å²) in [6, 6.07) is 2.05. The summed E-state index contributed by atoms with van der Waals surface area (Å²) in [6.07, 6.45) is 1.53. The molecule has 0 radical (unpaired) electrons. The van der Waals surface area contributed by atoms with E-state index in [0.717, 1.165) is 24.2 Å². The molecule has 1 atom stereocenters. The number of morpholine rings is 1. The highest BCUT2D eigenvalue weighted by Gasteiger charge is 2.38. The second-order valence-corrected chi connectivity index (χ2v) is 6.54. The third-order valence-corrected chi connectivity index (χ3v) is 5.10. The van der Waals surface area contributed by atoms with Crippen LogP contribution >= 0.6 is 24.8 Å². The van der Waals surface area contributed by atoms with E-state index in [9.17, 15) is 4.79 Å². The van der Waals surface area contributed by atoms with E-state index in [0.29, 0.717) is 32.8 Å². The molecule has 0 aliphatic carbocycles. The number of nitrogens with two attached hydrogens (primary N) is 1. The van der Waals surface area contributed by atoms with Gasteiger partial charge in [-0.15, -0.1) is 24.8 Å². The molecule has 1 aliphatic rings. The van der Waals surface area contributed by atoms with Gasteiger partial charge in [0.25, 0.3) is 0 Å². The lowest BCUT2D eigenvalue weighted by Crippen LogP contribution is -2.54. The summed E-state index contributed by atoms with van der Waals surface area (Å²) in [5.74, 6) is 0.173. The summed E-state index contributed by atoms with van der Waals surface area (Å²) in [4.78, 5) is 14.9. The SMILES string of the molecule is CCC(CC)(CN)C(=O)N1CCOC(Cn2nc(C)cc2C)C1.Cl.Cl. The van der Waals surface area contributed by atoms with Crippen LogP contribution in [-0.4, -0.2) is 52.9 Å². The predicted molar refractivity (Wildman–Crippen MR) is 105 cm³/mol. The van der Waals surface area contributed by atoms with Crippen LogP contribution < -0.4 is 5.73 Å². The molecule has 0 aromatic carbocycles. The van der Waals surface area contributed by atoms with Crippen molar-refractivity contribution in [1.29, 1.82) is 0 Å². The zero-order valence-electron chi connectivity index (χ0n) is 15.7. The van der Waals surface area contributed by atoms with E-state index in [1.807, 2.05) is 37.3 Å². The third kappa shape index (κ3) is 5.33. The van der Waals surface area contributed by atoms with Gasteiger partial charge in [-0.25, -0.2) is 0 Å². The minimum absolute atomic E-state index is 0. The maximum atomic E-state index is 13.0. The van der Waals surface area contributed by atoms with Gasteiger partial charge in [-0.05, 0) is 32.8 Å². The molecule has 1 aromatic heterocycles. The number of amides is 1. The van der Waals surface area contributed by atoms with Crippen molar-refractivity contribution in [3.8, 4) is 0 Å². The van der Waals surface area contributed by atoms with Gasteiger partial charge in [-0.2, -0.15) is 5.10 Å². The molecule has 25 heavy (non-hydrogen) atoms. The minimum atomic E-state index is -0.430. The first-order chi connectivity index (χ1) is 11.0. The fraction of sp³-hybridized carbons (Fsp3) is 0.765. The largest absolute Gasteiger partial charge is 0.373 e. The first-order valence-corrected chi connectivity index (χ1v) is 8.57. The van der Waals surface area contributed by atoms with Crippen molar-refractivity contribution >= 4 is 30.7 Å². The molecule has 1 aliphatic heterocycles. The maximum Gasteiger partial charge on any atom is 0.230 e. The van der Waals surface area contributed by atoms with Crippen molar-refractivity contribution in [3.63, 3.8) is 0 Å². The zero-order valence-corrected chi connectivity index (χ0v) is 17.3. The number of carbonyl (C=O) groups is 1. The van der Waals surface area contributed by atoms with Gasteiger partial charge >= 0.3 is 0 Å². The summed E-state index contributed by atoms with van der Waals surface area (Å²) in [5.41, 5.74) is 7.62. The molecule has 2 N–H and O–H groups in total. The Morgan fingerprint density at radius 3 is 2.48 bits per heavy atom. The minimum Gasteiger partial charge on any atom is -0.373 e. The van der Waals surface area contributed by atoms with Crippen LogP contribution in [0.3, 0.4) is 0 Å². The Bertz CT molecular complexity index is 538. The Balaban J connectivity index is 0.00000288. The number of ether oxygens (including phenoxy) is 1. The smallest absolute Gasteiger partial charge is 0.230 e. The van der Waals surface area contributed by atoms with Gasteiger partial charge in [0.15, 0.2) is 0 Å². The van der Waals surface area contributed by atoms with Gasteiger partial charge in [0.1, 0.15) is 0 Å². The monoisotopic (exact) mass is 394 g/mol. The molecule has 0 bridgehead atoms. The number of hydrogen-bond acceptors (Lipinski definition) is 4. The summed E-state index contributed by atoms with van der Waals surface area (Å²) in [7, 11) is 0. The standard InChI is InChI=1S/C17H30N4O2.2ClH/c1-5-17(6-2,12-18)16(22)20-7-8-23-15(10-20)11-21-14(4)9-13(3)19-21;;/h9,15H,5-8,10-12,18H2,1-4H3;2*1H. The number of rotatable bonds is 6. The summed E-state index contributed by atoms with van der Waals surface area (Å²) < 4.78 is 7.82. The first-order valence-electron chi connectivity index (χ1n) is 8.57. The number of carbonyl (C=O) groups excluding carboxylic acids is 1. The molecule has 6 nitrogen and oxygen atoms in total. The predicted octanol–water partition coefficient (Wildman–Crippen LogP) is 2.34. The van der Waals surface area contributed by atoms with Gasteiger partial charge in [0.2, 0.25) is 5.91 Å². The third-order valence-electron chi connectivity index (χ3n) is 5.10. The van der Waals surface area contributed by atoms with Gasteiger partial charge in [0, 0.05) is 25.3 Å². The van der Waals surface area contributed by atoms with Crippen LogP contribution in [0, 0.1) is 19.3 Å². The summed E-state index contributed by atoms with van der Waals surface area (Å²) >= 11 is 0. The fourth-order valence-corrected chi connectivity index (χ4v) is 3.33. The number of halogens is 2. The van der Waals surface area contributed by atoms with Crippen LogP contribution in [0.25, 0.3) is 0 Å². The molecule has 1 saturated heterocycles. The number of aromatic nitrogens is 2. The Morgan fingerprint density at radius 2 is 2.00 bits per heavy atom. The fourth-order valence-electron chi connectivity index (χ4n) is 3.33. The van der Waals surface area contributed by atoms with Crippen molar-refractivity contribution in [1.82, 2.24) is 14.7 Å². The highest BCUT2D eigenvalue weighted by Crippen LogP contribution is 2.28. The van der Waals surface area contributed by atoms with Crippen LogP contribution in [0.15, 0.2) is 6.07 Å². The van der Waals surface area contributed by atoms with Crippen molar-refractivity contribution in [2.24, 2.45) is 11.1 Å². The van der Waals surface area contributed by atoms with Gasteiger partial charge in [-0.1, -0.05) is 13.8 Å². The second-order valence-electron chi connectivity index (χ2n) is 6.54. The normalized spacial score (nSPS) is 17.6. The molecular weight excluding hydrogens is 363 g/mol. The van der Waals surface area contributed by atoms with E-state index in [1.165, 1.54) is 0 Å². The van der Waals surface area contributed by atoms with E-state index in [4.69, 9.17) is 10.5 Å². The van der Waals surface area contributed by atoms with E-state index < -0.39 is 5.41 Å². The lowest BCUT2D eigenvalue weighted by molar-refractivity contribution is -0.150. The first kappa shape index (κ1) is 24.2. The highest BCUT2D eigenvalue weighted by molar-refractivity contribution is 5.85. The van der Waals surface area contributed by atoms with E-state index in [2.05, 4.69) is 11.2 Å². The lowest BCUT2D eigenvalue weighted by Gasteiger charge is -2.39. The van der Waals surface area contributed by atoms with Crippen LogP contribution in [0.4, 0.5) is 0 Å². The molecule has 0 saturated carbocycles. The molecule has 1 unspecified atom stereocenters. The second kappa shape index (κ2) is 10.4. The Kier molecular flexibility index (Phi) is 10.0. The summed E-state index contributed by atoms with van der Waals surface area (Å²) in [5, 5.41) is 4.48. The molecule has 1 fully saturated rings. The van der Waals surface area contributed by atoms with Crippen molar-refractivity contribution in [2.45, 2.75) is 53.2 Å². The van der Waals surface area contributed by atoms with Crippen molar-refractivity contribution < 1.29 is 9.53 Å². The van der Waals surface area contributed by atoms with E-state index in [1.54, 1.807) is 0 Å². The van der Waals surface area contributed by atoms with Crippen LogP contribution in [0.2, 0.25) is 0 Å². The van der Waals surface area contributed by atoms with E-state index >= 15 is 0 Å². The number of hydrogen-bond donors (Lipinski definition) is 1. The lowest BCUT2D eigenvalue weighted by atomic mass is 9.80. The zero-order chi connectivity index (χ0) is 17.0. The molecule has 2 rings (SSSR count). The van der Waals surface area contributed by atoms with Crippen LogP contribution in [-0.2, 0) is 16.1 Å². The van der Waals surface area contributed by atoms with Crippen LogP contribution in [0.1, 0.15) is 38.1 Å². The summed E-state index contributed by atoms with van der Waals surface area (Å²) in [6.45, 7) is 11.0. The molecule has 8 heteroatoms. The molecule has 2 heterocycles. The molecule has 0 spiro atoms.